The summed E-state index contributed by atoms with van der Waals surface area (Å²) in [6.45, 7) is 3.84. The van der Waals surface area contributed by atoms with E-state index in [2.05, 4.69) is 49.0 Å². The molecule has 0 amide bonds. The summed E-state index contributed by atoms with van der Waals surface area (Å²) in [7, 11) is 0. The predicted octanol–water partition coefficient (Wildman–Crippen LogP) is 6.20. The van der Waals surface area contributed by atoms with Crippen LogP contribution in [0.2, 0.25) is 0 Å². The third-order valence-corrected chi connectivity index (χ3v) is 4.04. The molecule has 0 radical (unpaired) electrons. The van der Waals surface area contributed by atoms with Crippen molar-refractivity contribution in [3.8, 4) is 0 Å². The van der Waals surface area contributed by atoms with Crippen LogP contribution in [-0.2, 0) is 0 Å². The van der Waals surface area contributed by atoms with E-state index in [-0.39, 0.29) is 0 Å². The van der Waals surface area contributed by atoms with Crippen LogP contribution in [-0.4, -0.2) is 0 Å². The van der Waals surface area contributed by atoms with Crippen molar-refractivity contribution < 1.29 is 4.42 Å². The molecule has 0 spiro atoms. The second-order valence-electron chi connectivity index (χ2n) is 5.50. The molecular formula is C22H16O. The number of benzene rings is 3. The van der Waals surface area contributed by atoms with Crippen molar-refractivity contribution in [1.29, 1.82) is 0 Å². The Balaban J connectivity index is 1.96. The minimum absolute atomic E-state index is 0.863. The van der Waals surface area contributed by atoms with E-state index in [1.54, 1.807) is 6.08 Å². The molecule has 0 fully saturated rings. The Morgan fingerprint density at radius 2 is 1.57 bits per heavy atom. The molecule has 0 bridgehead atoms. The van der Waals surface area contributed by atoms with Gasteiger partial charge >= 0.3 is 0 Å². The third kappa shape index (κ3) is 2.36. The van der Waals surface area contributed by atoms with Gasteiger partial charge in [0.05, 0.1) is 0 Å². The number of allylic oxidation sites excluding steroid dienone is 2. The van der Waals surface area contributed by atoms with E-state index >= 15 is 0 Å². The molecule has 0 saturated carbocycles. The van der Waals surface area contributed by atoms with Gasteiger partial charge in [-0.1, -0.05) is 85.5 Å². The molecule has 1 aromatic heterocycles. The molecular weight excluding hydrogens is 280 g/mol. The topological polar surface area (TPSA) is 13.1 Å². The molecule has 4 aromatic rings. The molecule has 0 N–H and O–H groups in total. The van der Waals surface area contributed by atoms with E-state index < -0.39 is 0 Å². The molecule has 0 aliphatic carbocycles. The van der Waals surface area contributed by atoms with Crippen LogP contribution in [0.15, 0.2) is 95.9 Å². The van der Waals surface area contributed by atoms with Crippen LogP contribution in [0, 0.1) is 0 Å². The molecule has 0 aliphatic rings. The van der Waals surface area contributed by atoms with E-state index in [0.717, 1.165) is 33.3 Å². The molecule has 0 atom stereocenters. The largest absolute Gasteiger partial charge is 0.455 e. The molecule has 0 unspecified atom stereocenters. The first-order chi connectivity index (χ1) is 11.4. The van der Waals surface area contributed by atoms with Gasteiger partial charge in [0, 0.05) is 16.3 Å². The maximum Gasteiger partial charge on any atom is 0.142 e. The zero-order chi connectivity index (χ0) is 15.6. The van der Waals surface area contributed by atoms with Gasteiger partial charge < -0.3 is 4.42 Å². The highest BCUT2D eigenvalue weighted by Gasteiger charge is 2.12. The molecule has 1 nitrogen and oxygen atoms in total. The van der Waals surface area contributed by atoms with Crippen molar-refractivity contribution in [2.75, 3.05) is 0 Å². The zero-order valence-corrected chi connectivity index (χ0v) is 12.7. The van der Waals surface area contributed by atoms with Crippen LogP contribution in [0.1, 0.15) is 11.3 Å². The number of hydrogen-bond acceptors (Lipinski definition) is 1. The summed E-state index contributed by atoms with van der Waals surface area (Å²) in [6.07, 6.45) is 3.79. The van der Waals surface area contributed by atoms with Crippen molar-refractivity contribution in [2.45, 2.75) is 0 Å². The van der Waals surface area contributed by atoms with Crippen molar-refractivity contribution in [3.05, 3.63) is 103 Å². The van der Waals surface area contributed by atoms with Gasteiger partial charge in [-0.15, -0.1) is 0 Å². The smallest absolute Gasteiger partial charge is 0.142 e. The Bertz CT molecular complexity index is 1020. The summed E-state index contributed by atoms with van der Waals surface area (Å²) in [5.74, 6) is 0.863. The SMILES string of the molecule is C=C/C=C(/c1ccccc1)c1cc2ccc3ccccc3c2o1. The Kier molecular flexibility index (Phi) is 3.32. The van der Waals surface area contributed by atoms with Gasteiger partial charge in [-0.3, -0.25) is 0 Å². The standard InChI is InChI=1S/C22H16O/c1-2-8-19(16-9-4-3-5-10-16)21-15-18-14-13-17-11-6-7-12-20(17)22(18)23-21/h2-15H,1H2/b19-8-. The summed E-state index contributed by atoms with van der Waals surface area (Å²) in [5.41, 5.74) is 3.10. The highest BCUT2D eigenvalue weighted by atomic mass is 16.3. The zero-order valence-electron chi connectivity index (χ0n) is 12.7. The Labute approximate surface area is 135 Å². The lowest BCUT2D eigenvalue weighted by Gasteiger charge is -2.03. The molecule has 23 heavy (non-hydrogen) atoms. The lowest BCUT2D eigenvalue weighted by atomic mass is 10.0. The maximum atomic E-state index is 6.23. The highest BCUT2D eigenvalue weighted by molar-refractivity contribution is 6.05. The van der Waals surface area contributed by atoms with Gasteiger partial charge in [-0.05, 0) is 17.0 Å². The van der Waals surface area contributed by atoms with Gasteiger partial charge in [0.2, 0.25) is 0 Å². The Hall–Kier alpha value is -3.06. The normalized spacial score (nSPS) is 11.9. The molecule has 3 aromatic carbocycles. The predicted molar refractivity (Wildman–Crippen MR) is 97.4 cm³/mol. The lowest BCUT2D eigenvalue weighted by Crippen LogP contribution is -1.84. The van der Waals surface area contributed by atoms with Gasteiger partial charge in [-0.2, -0.15) is 0 Å². The fraction of sp³-hybridized carbons (Fsp3) is 0. The van der Waals surface area contributed by atoms with Crippen LogP contribution < -0.4 is 0 Å². The number of rotatable bonds is 3. The van der Waals surface area contributed by atoms with Gasteiger partial charge in [0.15, 0.2) is 0 Å². The minimum Gasteiger partial charge on any atom is -0.455 e. The van der Waals surface area contributed by atoms with Crippen LogP contribution in [0.3, 0.4) is 0 Å². The summed E-state index contributed by atoms with van der Waals surface area (Å²) < 4.78 is 6.23. The minimum atomic E-state index is 0.863. The van der Waals surface area contributed by atoms with E-state index in [1.165, 1.54) is 5.39 Å². The molecule has 1 heterocycles. The van der Waals surface area contributed by atoms with Crippen molar-refractivity contribution in [3.63, 3.8) is 0 Å². The monoisotopic (exact) mass is 296 g/mol. The highest BCUT2D eigenvalue weighted by Crippen LogP contribution is 2.33. The molecule has 0 saturated heterocycles. The van der Waals surface area contributed by atoms with E-state index in [9.17, 15) is 0 Å². The molecule has 1 heteroatoms. The first-order valence-electron chi connectivity index (χ1n) is 7.66. The van der Waals surface area contributed by atoms with Crippen molar-refractivity contribution >= 4 is 27.3 Å². The van der Waals surface area contributed by atoms with E-state index in [1.807, 2.05) is 36.4 Å². The average Bonchev–Trinajstić information content (AvgIpc) is 3.05. The average molecular weight is 296 g/mol. The first kappa shape index (κ1) is 13.6. The molecule has 0 aliphatic heterocycles. The van der Waals surface area contributed by atoms with Crippen LogP contribution in [0.25, 0.3) is 27.3 Å². The van der Waals surface area contributed by atoms with Crippen LogP contribution in [0.5, 0.6) is 0 Å². The lowest BCUT2D eigenvalue weighted by molar-refractivity contribution is 0.603. The number of fused-ring (bicyclic) bond motifs is 3. The summed E-state index contributed by atoms with van der Waals surface area (Å²) in [6, 6.07) is 24.9. The fourth-order valence-corrected chi connectivity index (χ4v) is 2.96. The Morgan fingerprint density at radius 1 is 0.826 bits per heavy atom. The number of furan rings is 1. The fourth-order valence-electron chi connectivity index (χ4n) is 2.96. The molecule has 4 rings (SSSR count). The molecule has 110 valence electrons. The van der Waals surface area contributed by atoms with Crippen LogP contribution >= 0.6 is 0 Å². The van der Waals surface area contributed by atoms with Gasteiger partial charge in [0.25, 0.3) is 0 Å². The summed E-state index contributed by atoms with van der Waals surface area (Å²) >= 11 is 0. The summed E-state index contributed by atoms with van der Waals surface area (Å²) in [4.78, 5) is 0. The Morgan fingerprint density at radius 3 is 2.39 bits per heavy atom. The first-order valence-corrected chi connectivity index (χ1v) is 7.66. The van der Waals surface area contributed by atoms with Gasteiger partial charge in [0.1, 0.15) is 11.3 Å². The maximum absolute atomic E-state index is 6.23. The quantitative estimate of drug-likeness (QED) is 0.410. The van der Waals surface area contributed by atoms with E-state index in [4.69, 9.17) is 4.42 Å². The second-order valence-corrected chi connectivity index (χ2v) is 5.50. The van der Waals surface area contributed by atoms with E-state index in [0.29, 0.717) is 0 Å². The van der Waals surface area contributed by atoms with Crippen LogP contribution in [0.4, 0.5) is 0 Å². The van der Waals surface area contributed by atoms with Crippen molar-refractivity contribution in [1.82, 2.24) is 0 Å². The van der Waals surface area contributed by atoms with Gasteiger partial charge in [-0.25, -0.2) is 0 Å². The third-order valence-electron chi connectivity index (χ3n) is 4.04. The second kappa shape index (κ2) is 5.62. The number of hydrogen-bond donors (Lipinski definition) is 0. The van der Waals surface area contributed by atoms with Crippen molar-refractivity contribution in [2.24, 2.45) is 0 Å². The summed E-state index contributed by atoms with van der Waals surface area (Å²) in [5, 5.41) is 3.45.